The molecule has 1 atom stereocenters. The van der Waals surface area contributed by atoms with Gasteiger partial charge in [-0.1, -0.05) is 19.9 Å². The maximum Gasteiger partial charge on any atom is 0.223 e. The number of rotatable bonds is 10. The molecule has 0 aliphatic carbocycles. The van der Waals surface area contributed by atoms with Crippen molar-refractivity contribution in [3.8, 4) is 21.8 Å². The van der Waals surface area contributed by atoms with Crippen LogP contribution < -0.4 is 15.4 Å². The van der Waals surface area contributed by atoms with E-state index in [1.54, 1.807) is 18.3 Å². The van der Waals surface area contributed by atoms with Crippen molar-refractivity contribution in [2.45, 2.75) is 31.6 Å². The zero-order chi connectivity index (χ0) is 28.1. The SMILES string of the molecule is CC(=O)NCCNc1nccc(-c2sc(C(C)C)nc2-c2cccc(NS(=O)c3cc(F)ccc3F)c2F)n1. The molecule has 0 aliphatic heterocycles. The molecule has 0 radical (unpaired) electrons. The summed E-state index contributed by atoms with van der Waals surface area (Å²) in [6.45, 7) is 6.15. The van der Waals surface area contributed by atoms with Gasteiger partial charge >= 0.3 is 0 Å². The van der Waals surface area contributed by atoms with Crippen molar-refractivity contribution in [2.75, 3.05) is 23.1 Å². The summed E-state index contributed by atoms with van der Waals surface area (Å²) in [4.78, 5) is 24.7. The topological polar surface area (TPSA) is 109 Å². The van der Waals surface area contributed by atoms with Crippen LogP contribution in [0.25, 0.3) is 21.8 Å². The fourth-order valence-electron chi connectivity index (χ4n) is 3.49. The van der Waals surface area contributed by atoms with Gasteiger partial charge in [-0.15, -0.1) is 11.3 Å². The second kappa shape index (κ2) is 12.3. The van der Waals surface area contributed by atoms with Crippen LogP contribution in [-0.2, 0) is 15.8 Å². The normalized spacial score (nSPS) is 11.9. The number of thiazole rings is 1. The number of carbonyl (C=O) groups excluding carboxylic acids is 1. The Hall–Kier alpha value is -3.84. The highest BCUT2D eigenvalue weighted by molar-refractivity contribution is 7.86. The van der Waals surface area contributed by atoms with Gasteiger partial charge in [-0.3, -0.25) is 9.52 Å². The van der Waals surface area contributed by atoms with Gasteiger partial charge in [0.2, 0.25) is 11.9 Å². The molecule has 1 amide bonds. The van der Waals surface area contributed by atoms with Crippen LogP contribution >= 0.6 is 11.3 Å². The third kappa shape index (κ3) is 6.79. The van der Waals surface area contributed by atoms with Gasteiger partial charge in [0.25, 0.3) is 0 Å². The molecular weight excluding hydrogens is 549 g/mol. The lowest BCUT2D eigenvalue weighted by atomic mass is 10.1. The maximum atomic E-state index is 15.8. The smallest absolute Gasteiger partial charge is 0.223 e. The summed E-state index contributed by atoms with van der Waals surface area (Å²) in [5.41, 5.74) is 0.793. The molecule has 4 aromatic rings. The predicted molar refractivity (Wildman–Crippen MR) is 146 cm³/mol. The Kier molecular flexibility index (Phi) is 8.92. The molecule has 2 heterocycles. The van der Waals surface area contributed by atoms with Crippen molar-refractivity contribution in [1.29, 1.82) is 0 Å². The second-order valence-corrected chi connectivity index (χ2v) is 10.9. The van der Waals surface area contributed by atoms with Gasteiger partial charge < -0.3 is 10.6 Å². The fourth-order valence-corrected chi connectivity index (χ4v) is 5.48. The van der Waals surface area contributed by atoms with Crippen LogP contribution in [0, 0.1) is 17.5 Å². The highest BCUT2D eigenvalue weighted by atomic mass is 32.2. The van der Waals surface area contributed by atoms with Gasteiger partial charge in [-0.2, -0.15) is 0 Å². The number of anilines is 2. The number of nitrogens with one attached hydrogen (secondary N) is 3. The number of nitrogens with zero attached hydrogens (tertiary/aromatic N) is 3. The molecule has 8 nitrogen and oxygen atoms in total. The molecule has 13 heteroatoms. The van der Waals surface area contributed by atoms with Crippen LogP contribution in [0.2, 0.25) is 0 Å². The van der Waals surface area contributed by atoms with E-state index in [1.165, 1.54) is 30.4 Å². The van der Waals surface area contributed by atoms with Crippen LogP contribution in [-0.4, -0.2) is 38.2 Å². The van der Waals surface area contributed by atoms with Crippen LogP contribution in [0.3, 0.4) is 0 Å². The molecule has 1 unspecified atom stereocenters. The summed E-state index contributed by atoms with van der Waals surface area (Å²) in [6.07, 6.45) is 1.56. The third-order valence-electron chi connectivity index (χ3n) is 5.36. The van der Waals surface area contributed by atoms with Crippen LogP contribution in [0.4, 0.5) is 24.8 Å². The van der Waals surface area contributed by atoms with Crippen molar-refractivity contribution in [3.05, 3.63) is 71.1 Å². The molecule has 39 heavy (non-hydrogen) atoms. The van der Waals surface area contributed by atoms with Gasteiger partial charge in [0.05, 0.1) is 31.9 Å². The molecule has 0 saturated heterocycles. The average molecular weight is 575 g/mol. The van der Waals surface area contributed by atoms with E-state index in [1.807, 2.05) is 13.8 Å². The average Bonchev–Trinajstić information content (AvgIpc) is 3.35. The quantitative estimate of drug-likeness (QED) is 0.216. The maximum absolute atomic E-state index is 15.8. The van der Waals surface area contributed by atoms with Gasteiger partial charge in [-0.25, -0.2) is 32.3 Å². The molecule has 204 valence electrons. The van der Waals surface area contributed by atoms with Crippen molar-refractivity contribution in [1.82, 2.24) is 20.3 Å². The minimum atomic E-state index is -2.26. The summed E-state index contributed by atoms with van der Waals surface area (Å²) >= 11 is 1.36. The number of amides is 1. The number of hydrogen-bond donors (Lipinski definition) is 3. The Balaban J connectivity index is 1.68. The molecule has 4 rings (SSSR count). The highest BCUT2D eigenvalue weighted by Crippen LogP contribution is 2.40. The molecule has 0 saturated carbocycles. The first-order valence-corrected chi connectivity index (χ1v) is 13.9. The first-order chi connectivity index (χ1) is 18.6. The standard InChI is InChI=1S/C26H25F3N6O2S2/c1-14(2)25-34-23(24(38-25)20-9-10-31-26(33-20)32-12-11-30-15(3)36)17-5-4-6-19(22(17)29)35-39(37)21-13-16(27)7-8-18(21)28/h4-10,13-14,35H,11-12H2,1-3H3,(H,30,36)(H,31,32,33). The highest BCUT2D eigenvalue weighted by Gasteiger charge is 2.23. The van der Waals surface area contributed by atoms with Crippen LogP contribution in [0.1, 0.15) is 31.7 Å². The molecule has 3 N–H and O–H groups in total. The summed E-state index contributed by atoms with van der Waals surface area (Å²) in [6, 6.07) is 8.67. The molecular formula is C26H25F3N6O2S2. The Morgan fingerprint density at radius 2 is 1.87 bits per heavy atom. The van der Waals surface area contributed by atoms with Crippen molar-refractivity contribution >= 4 is 39.9 Å². The summed E-state index contributed by atoms with van der Waals surface area (Å²) in [5.74, 6) is -2.18. The van der Waals surface area contributed by atoms with E-state index in [4.69, 9.17) is 0 Å². The fraction of sp³-hybridized carbons (Fsp3) is 0.231. The van der Waals surface area contributed by atoms with E-state index in [0.717, 1.165) is 23.2 Å². The number of benzene rings is 2. The Morgan fingerprint density at radius 3 is 2.62 bits per heavy atom. The molecule has 2 aromatic heterocycles. The Labute approximate surface area is 229 Å². The van der Waals surface area contributed by atoms with E-state index in [0.29, 0.717) is 35.3 Å². The van der Waals surface area contributed by atoms with Crippen LogP contribution in [0.5, 0.6) is 0 Å². The second-order valence-electron chi connectivity index (χ2n) is 8.67. The Bertz CT molecular complexity index is 1530. The van der Waals surface area contributed by atoms with Gasteiger partial charge in [-0.05, 0) is 36.4 Å². The summed E-state index contributed by atoms with van der Waals surface area (Å²) < 4.78 is 58.7. The monoisotopic (exact) mass is 574 g/mol. The summed E-state index contributed by atoms with van der Waals surface area (Å²) in [7, 11) is -2.26. The van der Waals surface area contributed by atoms with Crippen molar-refractivity contribution in [2.24, 2.45) is 0 Å². The van der Waals surface area contributed by atoms with Gasteiger partial charge in [0.15, 0.2) is 16.8 Å². The van der Waals surface area contributed by atoms with Crippen LogP contribution in [0.15, 0.2) is 53.6 Å². The molecule has 0 spiro atoms. The lowest BCUT2D eigenvalue weighted by molar-refractivity contribution is -0.118. The lowest BCUT2D eigenvalue weighted by Gasteiger charge is -2.11. The van der Waals surface area contributed by atoms with Crippen molar-refractivity contribution < 1.29 is 22.2 Å². The largest absolute Gasteiger partial charge is 0.355 e. The van der Waals surface area contributed by atoms with E-state index < -0.39 is 33.3 Å². The third-order valence-corrected chi connectivity index (χ3v) is 7.85. The lowest BCUT2D eigenvalue weighted by Crippen LogP contribution is -2.26. The first kappa shape index (κ1) is 28.2. The number of halogens is 3. The predicted octanol–water partition coefficient (Wildman–Crippen LogP) is 5.49. The summed E-state index contributed by atoms with van der Waals surface area (Å²) in [5, 5.41) is 6.46. The number of hydrogen-bond acceptors (Lipinski definition) is 7. The molecule has 0 bridgehead atoms. The Morgan fingerprint density at radius 1 is 1.08 bits per heavy atom. The van der Waals surface area contributed by atoms with Crippen molar-refractivity contribution in [3.63, 3.8) is 0 Å². The van der Waals surface area contributed by atoms with Gasteiger partial charge in [0.1, 0.15) is 11.6 Å². The minimum absolute atomic E-state index is 0.0485. The zero-order valence-electron chi connectivity index (χ0n) is 21.2. The van der Waals surface area contributed by atoms with Gasteiger partial charge in [0, 0.05) is 37.7 Å². The number of carbonyl (C=O) groups is 1. The number of aromatic nitrogens is 3. The van der Waals surface area contributed by atoms with E-state index >= 15 is 4.39 Å². The van der Waals surface area contributed by atoms with E-state index in [-0.39, 0.29) is 23.1 Å². The minimum Gasteiger partial charge on any atom is -0.355 e. The molecule has 0 fully saturated rings. The molecule has 0 aliphatic rings. The van der Waals surface area contributed by atoms with E-state index in [9.17, 15) is 17.8 Å². The molecule has 2 aromatic carbocycles. The van der Waals surface area contributed by atoms with E-state index in [2.05, 4.69) is 30.3 Å². The zero-order valence-corrected chi connectivity index (χ0v) is 22.9. The first-order valence-electron chi connectivity index (χ1n) is 11.9.